The molecule has 0 fully saturated rings. The molecule has 0 aromatic carbocycles. The maximum Gasteiger partial charge on any atom is 0.223 e. The molecule has 0 bridgehead atoms. The van der Waals surface area contributed by atoms with Crippen molar-refractivity contribution in [3.05, 3.63) is 6.07 Å². The molecule has 0 aliphatic carbocycles. The van der Waals surface area contributed by atoms with Crippen molar-refractivity contribution >= 4 is 17.6 Å². The van der Waals surface area contributed by atoms with Crippen LogP contribution in [-0.2, 0) is 0 Å². The molecular formula is C13H26N6. The Morgan fingerprint density at radius 3 is 2.26 bits per heavy atom. The van der Waals surface area contributed by atoms with Gasteiger partial charge in [-0.2, -0.15) is 9.97 Å². The summed E-state index contributed by atoms with van der Waals surface area (Å²) in [5, 5.41) is 6.53. The van der Waals surface area contributed by atoms with Gasteiger partial charge in [0.15, 0.2) is 0 Å². The topological polar surface area (TPSA) is 79.1 Å². The number of hydrogen-bond donors (Lipinski definition) is 3. The molecule has 0 aliphatic rings. The lowest BCUT2D eigenvalue weighted by molar-refractivity contribution is 0.425. The molecule has 1 heterocycles. The van der Waals surface area contributed by atoms with Crippen LogP contribution in [0.4, 0.5) is 17.6 Å². The first-order valence-corrected chi connectivity index (χ1v) is 6.53. The van der Waals surface area contributed by atoms with Crippen molar-refractivity contribution in [3.63, 3.8) is 0 Å². The van der Waals surface area contributed by atoms with E-state index in [0.29, 0.717) is 0 Å². The van der Waals surface area contributed by atoms with Gasteiger partial charge in [0.25, 0.3) is 0 Å². The van der Waals surface area contributed by atoms with E-state index in [9.17, 15) is 0 Å². The SMILES string of the molecule is CN(C)CCNc1cc(NCC(C)(C)C)nc(N)n1. The molecule has 0 spiro atoms. The molecule has 0 atom stereocenters. The Balaban J connectivity index is 2.61. The van der Waals surface area contributed by atoms with Gasteiger partial charge in [-0.1, -0.05) is 20.8 Å². The van der Waals surface area contributed by atoms with E-state index in [1.54, 1.807) is 0 Å². The Morgan fingerprint density at radius 2 is 1.74 bits per heavy atom. The van der Waals surface area contributed by atoms with Crippen LogP contribution >= 0.6 is 0 Å². The normalized spacial score (nSPS) is 11.7. The molecule has 1 rings (SSSR count). The van der Waals surface area contributed by atoms with Gasteiger partial charge in [-0.3, -0.25) is 0 Å². The fraction of sp³-hybridized carbons (Fsp3) is 0.692. The summed E-state index contributed by atoms with van der Waals surface area (Å²) < 4.78 is 0. The Kier molecular flexibility index (Phi) is 5.35. The van der Waals surface area contributed by atoms with Crippen LogP contribution in [0.15, 0.2) is 6.07 Å². The maximum absolute atomic E-state index is 5.72. The number of nitrogens with two attached hydrogens (primary N) is 1. The number of nitrogen functional groups attached to an aromatic ring is 1. The average molecular weight is 266 g/mol. The van der Waals surface area contributed by atoms with Crippen molar-refractivity contribution in [1.82, 2.24) is 14.9 Å². The number of nitrogens with zero attached hydrogens (tertiary/aromatic N) is 3. The maximum atomic E-state index is 5.72. The molecule has 0 amide bonds. The molecule has 108 valence electrons. The Bertz CT molecular complexity index is 397. The number of hydrogen-bond acceptors (Lipinski definition) is 6. The summed E-state index contributed by atoms with van der Waals surface area (Å²) in [7, 11) is 4.07. The molecule has 6 heteroatoms. The number of likely N-dealkylation sites (N-methyl/N-ethyl adjacent to an activating group) is 1. The van der Waals surface area contributed by atoms with Crippen molar-refractivity contribution < 1.29 is 0 Å². The lowest BCUT2D eigenvalue weighted by Crippen LogP contribution is -2.22. The highest BCUT2D eigenvalue weighted by Crippen LogP contribution is 2.16. The molecule has 0 saturated carbocycles. The standard InChI is InChI=1S/C13H26N6/c1-13(2,3)9-16-11-8-10(17-12(14)18-11)15-6-7-19(4)5/h8H,6-7,9H2,1-5H3,(H4,14,15,16,17,18). The van der Waals surface area contributed by atoms with Crippen LogP contribution in [0.1, 0.15) is 20.8 Å². The second kappa shape index (κ2) is 6.56. The monoisotopic (exact) mass is 266 g/mol. The smallest absolute Gasteiger partial charge is 0.223 e. The lowest BCUT2D eigenvalue weighted by atomic mass is 9.97. The Hall–Kier alpha value is -1.56. The van der Waals surface area contributed by atoms with Crippen LogP contribution in [0.25, 0.3) is 0 Å². The van der Waals surface area contributed by atoms with E-state index >= 15 is 0 Å². The van der Waals surface area contributed by atoms with Crippen molar-refractivity contribution in [2.45, 2.75) is 20.8 Å². The molecule has 0 unspecified atom stereocenters. The largest absolute Gasteiger partial charge is 0.369 e. The summed E-state index contributed by atoms with van der Waals surface area (Å²) >= 11 is 0. The highest BCUT2D eigenvalue weighted by Gasteiger charge is 2.10. The van der Waals surface area contributed by atoms with Crippen LogP contribution in [0.5, 0.6) is 0 Å². The van der Waals surface area contributed by atoms with Gasteiger partial charge in [0.05, 0.1) is 0 Å². The summed E-state index contributed by atoms with van der Waals surface area (Å²) in [4.78, 5) is 10.5. The van der Waals surface area contributed by atoms with Crippen LogP contribution < -0.4 is 16.4 Å². The predicted molar refractivity (Wildman–Crippen MR) is 81.4 cm³/mol. The second-order valence-corrected chi connectivity index (χ2v) is 6.14. The Labute approximate surface area is 115 Å². The minimum absolute atomic E-state index is 0.193. The fourth-order valence-electron chi connectivity index (χ4n) is 1.41. The van der Waals surface area contributed by atoms with Gasteiger partial charge in [-0.15, -0.1) is 0 Å². The predicted octanol–water partition coefficient (Wildman–Crippen LogP) is 1.49. The average Bonchev–Trinajstić information content (AvgIpc) is 2.24. The molecular weight excluding hydrogens is 240 g/mol. The molecule has 0 saturated heterocycles. The summed E-state index contributed by atoms with van der Waals surface area (Å²) in [6, 6.07) is 1.89. The van der Waals surface area contributed by atoms with Crippen molar-refractivity contribution in [3.8, 4) is 0 Å². The van der Waals surface area contributed by atoms with Crippen LogP contribution in [0.2, 0.25) is 0 Å². The van der Waals surface area contributed by atoms with E-state index in [4.69, 9.17) is 5.73 Å². The summed E-state index contributed by atoms with van der Waals surface area (Å²) in [6.07, 6.45) is 0. The van der Waals surface area contributed by atoms with Gasteiger partial charge in [0.1, 0.15) is 11.6 Å². The van der Waals surface area contributed by atoms with E-state index in [2.05, 4.69) is 46.3 Å². The van der Waals surface area contributed by atoms with Gasteiger partial charge < -0.3 is 21.3 Å². The van der Waals surface area contributed by atoms with Gasteiger partial charge >= 0.3 is 0 Å². The van der Waals surface area contributed by atoms with Crippen molar-refractivity contribution in [1.29, 1.82) is 0 Å². The molecule has 4 N–H and O–H groups in total. The number of nitrogens with one attached hydrogen (secondary N) is 2. The first kappa shape index (κ1) is 15.5. The highest BCUT2D eigenvalue weighted by molar-refractivity contribution is 5.51. The Morgan fingerprint density at radius 1 is 1.16 bits per heavy atom. The zero-order valence-electron chi connectivity index (χ0n) is 12.6. The lowest BCUT2D eigenvalue weighted by Gasteiger charge is -2.19. The molecule has 1 aromatic rings. The van der Waals surface area contributed by atoms with Crippen molar-refractivity contribution in [2.24, 2.45) is 5.41 Å². The van der Waals surface area contributed by atoms with Crippen LogP contribution in [0.3, 0.4) is 0 Å². The molecule has 0 aliphatic heterocycles. The molecule has 1 aromatic heterocycles. The van der Waals surface area contributed by atoms with Crippen LogP contribution in [0, 0.1) is 5.41 Å². The highest BCUT2D eigenvalue weighted by atomic mass is 15.1. The number of anilines is 3. The number of rotatable bonds is 6. The van der Waals surface area contributed by atoms with E-state index in [1.165, 1.54) is 0 Å². The minimum Gasteiger partial charge on any atom is -0.369 e. The molecule has 0 radical (unpaired) electrons. The van der Waals surface area contributed by atoms with Gasteiger partial charge in [-0.25, -0.2) is 0 Å². The number of aromatic nitrogens is 2. The third kappa shape index (κ3) is 6.81. The van der Waals surface area contributed by atoms with Crippen LogP contribution in [-0.4, -0.2) is 48.6 Å². The first-order valence-electron chi connectivity index (χ1n) is 6.53. The third-order valence-electron chi connectivity index (χ3n) is 2.41. The second-order valence-electron chi connectivity index (χ2n) is 6.14. The fourth-order valence-corrected chi connectivity index (χ4v) is 1.41. The zero-order chi connectivity index (χ0) is 14.5. The van der Waals surface area contributed by atoms with Gasteiger partial charge in [0.2, 0.25) is 5.95 Å². The zero-order valence-corrected chi connectivity index (χ0v) is 12.6. The summed E-state index contributed by atoms with van der Waals surface area (Å²) in [6.45, 7) is 9.10. The molecule has 19 heavy (non-hydrogen) atoms. The van der Waals surface area contributed by atoms with E-state index in [1.807, 2.05) is 20.2 Å². The quantitative estimate of drug-likeness (QED) is 0.724. The van der Waals surface area contributed by atoms with Gasteiger partial charge in [-0.05, 0) is 19.5 Å². The van der Waals surface area contributed by atoms with Gasteiger partial charge in [0, 0.05) is 25.7 Å². The van der Waals surface area contributed by atoms with Crippen molar-refractivity contribution in [2.75, 3.05) is 50.1 Å². The molecule has 6 nitrogen and oxygen atoms in total. The van der Waals surface area contributed by atoms with E-state index in [-0.39, 0.29) is 11.4 Å². The van der Waals surface area contributed by atoms with E-state index < -0.39 is 0 Å². The van der Waals surface area contributed by atoms with E-state index in [0.717, 1.165) is 31.3 Å². The first-order chi connectivity index (χ1) is 8.76. The summed E-state index contributed by atoms with van der Waals surface area (Å²) in [5.41, 5.74) is 5.91. The third-order valence-corrected chi connectivity index (χ3v) is 2.41. The summed E-state index contributed by atoms with van der Waals surface area (Å²) in [5.74, 6) is 1.80. The minimum atomic E-state index is 0.193.